The summed E-state index contributed by atoms with van der Waals surface area (Å²) in [6.45, 7) is 3.81. The molecule has 0 saturated carbocycles. The van der Waals surface area contributed by atoms with E-state index in [0.717, 1.165) is 11.5 Å². The van der Waals surface area contributed by atoms with E-state index in [2.05, 4.69) is 15.3 Å². The summed E-state index contributed by atoms with van der Waals surface area (Å²) in [5.74, 6) is 0.680. The minimum absolute atomic E-state index is 0.0906. The van der Waals surface area contributed by atoms with Gasteiger partial charge in [0, 0.05) is 11.8 Å². The van der Waals surface area contributed by atoms with Gasteiger partial charge in [0.25, 0.3) is 5.91 Å². The van der Waals surface area contributed by atoms with Crippen LogP contribution in [0.15, 0.2) is 36.5 Å². The number of rotatable bonds is 3. The molecule has 2 aromatic rings. The van der Waals surface area contributed by atoms with Crippen molar-refractivity contribution < 1.29 is 4.79 Å². The Hall–Kier alpha value is -2.10. The number of amides is 1. The molecular formula is C13H15N3O. The van der Waals surface area contributed by atoms with E-state index in [1.165, 1.54) is 0 Å². The van der Waals surface area contributed by atoms with Crippen molar-refractivity contribution in [3.63, 3.8) is 0 Å². The number of imidazole rings is 1. The summed E-state index contributed by atoms with van der Waals surface area (Å²) >= 11 is 0. The lowest BCUT2D eigenvalue weighted by Crippen LogP contribution is -2.27. The van der Waals surface area contributed by atoms with Gasteiger partial charge in [0.05, 0.1) is 11.7 Å². The SMILES string of the molecule is Cc1c[nH]c(C(C)NC(=O)c2ccccc2)n1. The van der Waals surface area contributed by atoms with Gasteiger partial charge in [0.1, 0.15) is 5.82 Å². The van der Waals surface area contributed by atoms with Gasteiger partial charge in [-0.3, -0.25) is 4.79 Å². The number of H-pyrrole nitrogens is 1. The minimum Gasteiger partial charge on any atom is -0.347 e. The van der Waals surface area contributed by atoms with Crippen molar-refractivity contribution in [2.45, 2.75) is 19.9 Å². The van der Waals surface area contributed by atoms with Crippen molar-refractivity contribution in [3.8, 4) is 0 Å². The predicted molar refractivity (Wildman–Crippen MR) is 65.6 cm³/mol. The van der Waals surface area contributed by atoms with Crippen molar-refractivity contribution in [1.82, 2.24) is 15.3 Å². The summed E-state index contributed by atoms with van der Waals surface area (Å²) in [6.07, 6.45) is 1.82. The summed E-state index contributed by atoms with van der Waals surface area (Å²) in [7, 11) is 0. The van der Waals surface area contributed by atoms with Crippen LogP contribution in [0.1, 0.15) is 34.8 Å². The van der Waals surface area contributed by atoms with E-state index in [1.54, 1.807) is 12.1 Å². The van der Waals surface area contributed by atoms with Gasteiger partial charge >= 0.3 is 0 Å². The van der Waals surface area contributed by atoms with Gasteiger partial charge in [0.15, 0.2) is 0 Å². The van der Waals surface area contributed by atoms with E-state index in [-0.39, 0.29) is 11.9 Å². The fourth-order valence-electron chi connectivity index (χ4n) is 1.59. The monoisotopic (exact) mass is 229 g/mol. The fourth-order valence-corrected chi connectivity index (χ4v) is 1.59. The third kappa shape index (κ3) is 2.72. The zero-order chi connectivity index (χ0) is 12.3. The third-order valence-corrected chi connectivity index (χ3v) is 2.52. The molecule has 4 heteroatoms. The highest BCUT2D eigenvalue weighted by atomic mass is 16.1. The molecule has 0 spiro atoms. The Morgan fingerprint density at radius 1 is 1.35 bits per heavy atom. The molecule has 88 valence electrons. The molecule has 0 fully saturated rings. The molecule has 1 amide bonds. The van der Waals surface area contributed by atoms with E-state index in [4.69, 9.17) is 0 Å². The fraction of sp³-hybridized carbons (Fsp3) is 0.231. The van der Waals surface area contributed by atoms with Gasteiger partial charge in [0.2, 0.25) is 0 Å². The van der Waals surface area contributed by atoms with Gasteiger partial charge in [-0.15, -0.1) is 0 Å². The van der Waals surface area contributed by atoms with Crippen LogP contribution in [0.3, 0.4) is 0 Å². The van der Waals surface area contributed by atoms with Crippen LogP contribution in [0.25, 0.3) is 0 Å². The van der Waals surface area contributed by atoms with Crippen LogP contribution >= 0.6 is 0 Å². The van der Waals surface area contributed by atoms with E-state index < -0.39 is 0 Å². The van der Waals surface area contributed by atoms with Crippen molar-refractivity contribution in [2.24, 2.45) is 0 Å². The highest BCUT2D eigenvalue weighted by Crippen LogP contribution is 2.09. The second-order valence-corrected chi connectivity index (χ2v) is 3.99. The maximum atomic E-state index is 11.9. The summed E-state index contributed by atoms with van der Waals surface area (Å²) < 4.78 is 0. The molecule has 2 rings (SSSR count). The van der Waals surface area contributed by atoms with Gasteiger partial charge in [-0.1, -0.05) is 18.2 Å². The third-order valence-electron chi connectivity index (χ3n) is 2.52. The number of aromatic nitrogens is 2. The van der Waals surface area contributed by atoms with E-state index >= 15 is 0 Å². The molecule has 2 N–H and O–H groups in total. The summed E-state index contributed by atoms with van der Waals surface area (Å²) in [4.78, 5) is 19.2. The summed E-state index contributed by atoms with van der Waals surface area (Å²) in [6, 6.07) is 9.02. The molecule has 0 aliphatic carbocycles. The lowest BCUT2D eigenvalue weighted by Gasteiger charge is -2.11. The summed E-state index contributed by atoms with van der Waals surface area (Å²) in [5.41, 5.74) is 1.57. The van der Waals surface area contributed by atoms with Gasteiger partial charge in [-0.2, -0.15) is 0 Å². The maximum absolute atomic E-state index is 11.9. The van der Waals surface area contributed by atoms with Gasteiger partial charge in [-0.25, -0.2) is 4.98 Å². The number of hydrogen-bond donors (Lipinski definition) is 2. The van der Waals surface area contributed by atoms with Crippen molar-refractivity contribution in [2.75, 3.05) is 0 Å². The van der Waals surface area contributed by atoms with E-state index in [9.17, 15) is 4.79 Å². The minimum atomic E-state index is -0.128. The van der Waals surface area contributed by atoms with E-state index in [1.807, 2.05) is 38.2 Å². The molecule has 1 heterocycles. The Kier molecular flexibility index (Phi) is 3.23. The second-order valence-electron chi connectivity index (χ2n) is 3.99. The van der Waals surface area contributed by atoms with Crippen LogP contribution in [0.4, 0.5) is 0 Å². The highest BCUT2D eigenvalue weighted by molar-refractivity contribution is 5.94. The van der Waals surface area contributed by atoms with Crippen LogP contribution in [0, 0.1) is 6.92 Å². The predicted octanol–water partition coefficient (Wildman–Crippen LogP) is 2.21. The lowest BCUT2D eigenvalue weighted by atomic mass is 10.2. The van der Waals surface area contributed by atoms with Gasteiger partial charge in [-0.05, 0) is 26.0 Å². The quantitative estimate of drug-likeness (QED) is 0.847. The number of benzene rings is 1. The number of carbonyl (C=O) groups excluding carboxylic acids is 1. The molecule has 4 nitrogen and oxygen atoms in total. The first-order valence-corrected chi connectivity index (χ1v) is 5.54. The zero-order valence-electron chi connectivity index (χ0n) is 9.90. The lowest BCUT2D eigenvalue weighted by molar-refractivity contribution is 0.0938. The number of nitrogens with zero attached hydrogens (tertiary/aromatic N) is 1. The number of nitrogens with one attached hydrogen (secondary N) is 2. The largest absolute Gasteiger partial charge is 0.347 e. The van der Waals surface area contributed by atoms with Crippen molar-refractivity contribution in [3.05, 3.63) is 53.6 Å². The molecule has 0 bridgehead atoms. The first-order chi connectivity index (χ1) is 8.16. The number of hydrogen-bond acceptors (Lipinski definition) is 2. The van der Waals surface area contributed by atoms with Crippen molar-refractivity contribution in [1.29, 1.82) is 0 Å². The first-order valence-electron chi connectivity index (χ1n) is 5.54. The first kappa shape index (κ1) is 11.4. The molecular weight excluding hydrogens is 214 g/mol. The molecule has 0 saturated heterocycles. The average Bonchev–Trinajstić information content (AvgIpc) is 2.77. The Morgan fingerprint density at radius 2 is 2.06 bits per heavy atom. The van der Waals surface area contributed by atoms with Crippen LogP contribution in [-0.4, -0.2) is 15.9 Å². The zero-order valence-corrected chi connectivity index (χ0v) is 9.90. The topological polar surface area (TPSA) is 57.8 Å². The molecule has 0 radical (unpaired) electrons. The standard InChI is InChI=1S/C13H15N3O/c1-9-8-14-12(15-9)10(2)16-13(17)11-6-4-3-5-7-11/h3-8,10H,1-2H3,(H,14,15)(H,16,17). The van der Waals surface area contributed by atoms with Crippen molar-refractivity contribution >= 4 is 5.91 Å². The van der Waals surface area contributed by atoms with E-state index in [0.29, 0.717) is 5.56 Å². The normalized spacial score (nSPS) is 12.1. The van der Waals surface area contributed by atoms with Crippen LogP contribution in [-0.2, 0) is 0 Å². The molecule has 0 aliphatic heterocycles. The smallest absolute Gasteiger partial charge is 0.251 e. The molecule has 0 aliphatic rings. The summed E-state index contributed by atoms with van der Waals surface area (Å²) in [5, 5.41) is 2.89. The van der Waals surface area contributed by atoms with Crippen LogP contribution in [0.2, 0.25) is 0 Å². The molecule has 1 aromatic carbocycles. The highest BCUT2D eigenvalue weighted by Gasteiger charge is 2.13. The number of carbonyl (C=O) groups is 1. The molecule has 1 aromatic heterocycles. The average molecular weight is 229 g/mol. The number of aromatic amines is 1. The molecule has 1 unspecified atom stereocenters. The second kappa shape index (κ2) is 4.82. The Bertz CT molecular complexity index is 504. The van der Waals surface area contributed by atoms with Crippen LogP contribution < -0.4 is 5.32 Å². The Morgan fingerprint density at radius 3 is 2.65 bits per heavy atom. The Balaban J connectivity index is 2.04. The Labute approximate surface area is 100 Å². The van der Waals surface area contributed by atoms with Gasteiger partial charge < -0.3 is 10.3 Å². The van der Waals surface area contributed by atoms with Crippen LogP contribution in [0.5, 0.6) is 0 Å². The number of aryl methyl sites for hydroxylation is 1. The maximum Gasteiger partial charge on any atom is 0.251 e. The molecule has 17 heavy (non-hydrogen) atoms. The molecule has 1 atom stereocenters.